The zero-order chi connectivity index (χ0) is 12.1. The number of nitrogens with one attached hydrogen (secondary N) is 1. The van der Waals surface area contributed by atoms with Gasteiger partial charge in [-0.1, -0.05) is 5.16 Å². The smallest absolute Gasteiger partial charge is 0.174 e. The van der Waals surface area contributed by atoms with Gasteiger partial charge in [-0.3, -0.25) is 4.98 Å². The maximum atomic E-state index is 5.52. The lowest BCUT2D eigenvalue weighted by molar-refractivity contribution is 0.247. The van der Waals surface area contributed by atoms with E-state index in [1.807, 2.05) is 19.2 Å². The number of aromatic nitrogens is 2. The molecule has 0 aromatic carbocycles. The molecular formula is C11H12BrN3O2. The van der Waals surface area contributed by atoms with Crippen molar-refractivity contribution in [3.63, 3.8) is 0 Å². The van der Waals surface area contributed by atoms with E-state index < -0.39 is 0 Å². The van der Waals surface area contributed by atoms with Crippen LogP contribution in [0.2, 0.25) is 0 Å². The number of halogens is 1. The van der Waals surface area contributed by atoms with Crippen LogP contribution in [-0.4, -0.2) is 17.2 Å². The molecule has 90 valence electrons. The van der Waals surface area contributed by atoms with E-state index in [9.17, 15) is 0 Å². The van der Waals surface area contributed by atoms with Crippen LogP contribution in [0.4, 0.5) is 0 Å². The van der Waals surface area contributed by atoms with Gasteiger partial charge in [-0.25, -0.2) is 0 Å². The van der Waals surface area contributed by atoms with Gasteiger partial charge in [-0.15, -0.1) is 0 Å². The molecule has 0 saturated carbocycles. The molecule has 17 heavy (non-hydrogen) atoms. The molecule has 0 aliphatic rings. The van der Waals surface area contributed by atoms with Crippen molar-refractivity contribution in [3.05, 3.63) is 40.5 Å². The lowest BCUT2D eigenvalue weighted by Gasteiger charge is -2.02. The van der Waals surface area contributed by atoms with Crippen molar-refractivity contribution in [2.45, 2.75) is 13.2 Å². The molecule has 2 aromatic heterocycles. The average Bonchev–Trinajstić information content (AvgIpc) is 2.75. The minimum Gasteiger partial charge on any atom is -0.484 e. The third-order valence-corrected chi connectivity index (χ3v) is 2.46. The minimum atomic E-state index is 0.342. The summed E-state index contributed by atoms with van der Waals surface area (Å²) in [4.78, 5) is 4.00. The number of nitrogens with zero attached hydrogens (tertiary/aromatic N) is 2. The Morgan fingerprint density at radius 3 is 3.06 bits per heavy atom. The van der Waals surface area contributed by atoms with Crippen LogP contribution in [0, 0.1) is 0 Å². The molecule has 0 aliphatic heterocycles. The van der Waals surface area contributed by atoms with Crippen LogP contribution in [0.1, 0.15) is 11.5 Å². The first-order valence-electron chi connectivity index (χ1n) is 5.10. The largest absolute Gasteiger partial charge is 0.484 e. The molecule has 0 bridgehead atoms. The second-order valence-electron chi connectivity index (χ2n) is 3.44. The second kappa shape index (κ2) is 5.79. The molecule has 0 radical (unpaired) electrons. The number of ether oxygens (including phenoxy) is 1. The van der Waals surface area contributed by atoms with E-state index in [0.29, 0.717) is 24.7 Å². The molecule has 2 rings (SSSR count). The topological polar surface area (TPSA) is 60.2 Å². The Morgan fingerprint density at radius 1 is 1.41 bits per heavy atom. The zero-order valence-corrected chi connectivity index (χ0v) is 10.9. The van der Waals surface area contributed by atoms with E-state index >= 15 is 0 Å². The number of rotatable bonds is 5. The van der Waals surface area contributed by atoms with Crippen LogP contribution in [0.3, 0.4) is 0 Å². The van der Waals surface area contributed by atoms with Crippen LogP contribution < -0.4 is 10.1 Å². The number of hydrogen-bond acceptors (Lipinski definition) is 5. The van der Waals surface area contributed by atoms with Crippen LogP contribution >= 0.6 is 15.9 Å². The highest BCUT2D eigenvalue weighted by molar-refractivity contribution is 9.10. The maximum Gasteiger partial charge on any atom is 0.174 e. The summed E-state index contributed by atoms with van der Waals surface area (Å²) in [5.41, 5.74) is 0.860. The Bertz CT molecular complexity index is 487. The third-order valence-electron chi connectivity index (χ3n) is 2.03. The molecule has 1 N–H and O–H groups in total. The minimum absolute atomic E-state index is 0.342. The Morgan fingerprint density at radius 2 is 2.29 bits per heavy atom. The summed E-state index contributed by atoms with van der Waals surface area (Å²) in [6, 6.07) is 3.71. The summed E-state index contributed by atoms with van der Waals surface area (Å²) in [6.45, 7) is 1.02. The predicted octanol–water partition coefficient (Wildman–Crippen LogP) is 2.13. The number of hydrogen-bond donors (Lipinski definition) is 1. The molecule has 0 fully saturated rings. The Kier molecular flexibility index (Phi) is 4.11. The summed E-state index contributed by atoms with van der Waals surface area (Å²) >= 11 is 3.33. The lowest BCUT2D eigenvalue weighted by atomic mass is 10.3. The van der Waals surface area contributed by atoms with Gasteiger partial charge in [0, 0.05) is 23.3 Å². The van der Waals surface area contributed by atoms with Crippen LogP contribution in [0.15, 0.2) is 33.5 Å². The quantitative estimate of drug-likeness (QED) is 0.916. The Balaban J connectivity index is 1.93. The van der Waals surface area contributed by atoms with Gasteiger partial charge in [-0.05, 0) is 29.0 Å². The van der Waals surface area contributed by atoms with Crippen molar-refractivity contribution in [2.75, 3.05) is 7.05 Å². The first kappa shape index (κ1) is 12.1. The van der Waals surface area contributed by atoms with Gasteiger partial charge >= 0.3 is 0 Å². The summed E-state index contributed by atoms with van der Waals surface area (Å²) < 4.78 is 11.5. The zero-order valence-electron chi connectivity index (χ0n) is 9.31. The lowest BCUT2D eigenvalue weighted by Crippen LogP contribution is -2.04. The van der Waals surface area contributed by atoms with Crippen LogP contribution in [-0.2, 0) is 13.2 Å². The molecule has 2 heterocycles. The summed E-state index contributed by atoms with van der Waals surface area (Å²) in [5.74, 6) is 1.38. The highest BCUT2D eigenvalue weighted by atomic mass is 79.9. The van der Waals surface area contributed by atoms with E-state index in [1.54, 1.807) is 12.4 Å². The molecule has 5 nitrogen and oxygen atoms in total. The van der Waals surface area contributed by atoms with Gasteiger partial charge in [0.05, 0.1) is 11.9 Å². The molecule has 0 atom stereocenters. The van der Waals surface area contributed by atoms with Gasteiger partial charge in [0.25, 0.3) is 0 Å². The van der Waals surface area contributed by atoms with Gasteiger partial charge in [0.1, 0.15) is 12.4 Å². The van der Waals surface area contributed by atoms with E-state index in [4.69, 9.17) is 9.26 Å². The normalized spacial score (nSPS) is 10.5. The van der Waals surface area contributed by atoms with Crippen molar-refractivity contribution in [1.82, 2.24) is 15.5 Å². The standard InChI is InChI=1S/C11H12BrN3O2/c1-13-5-9-3-11(17-15-9)7-16-10-2-8(12)4-14-6-10/h2-4,6,13H,5,7H2,1H3. The van der Waals surface area contributed by atoms with E-state index in [0.717, 1.165) is 10.2 Å². The van der Waals surface area contributed by atoms with Gasteiger partial charge in [0.15, 0.2) is 5.76 Å². The monoisotopic (exact) mass is 297 g/mol. The summed E-state index contributed by atoms with van der Waals surface area (Å²) in [6.07, 6.45) is 3.35. The van der Waals surface area contributed by atoms with Crippen molar-refractivity contribution in [3.8, 4) is 5.75 Å². The molecule has 2 aromatic rings. The molecule has 0 saturated heterocycles. The average molecular weight is 298 g/mol. The van der Waals surface area contributed by atoms with Crippen molar-refractivity contribution in [1.29, 1.82) is 0 Å². The maximum absolute atomic E-state index is 5.52. The first-order valence-corrected chi connectivity index (χ1v) is 5.89. The van der Waals surface area contributed by atoms with Crippen LogP contribution in [0.5, 0.6) is 5.75 Å². The summed E-state index contributed by atoms with van der Waals surface area (Å²) in [7, 11) is 1.86. The highest BCUT2D eigenvalue weighted by Gasteiger charge is 2.04. The van der Waals surface area contributed by atoms with Crippen molar-refractivity contribution < 1.29 is 9.26 Å². The molecule has 6 heteroatoms. The Hall–Kier alpha value is -1.40. The van der Waals surface area contributed by atoms with Crippen molar-refractivity contribution >= 4 is 15.9 Å². The second-order valence-corrected chi connectivity index (χ2v) is 4.36. The first-order chi connectivity index (χ1) is 8.28. The molecule has 0 unspecified atom stereocenters. The fourth-order valence-electron chi connectivity index (χ4n) is 1.31. The molecule has 0 amide bonds. The molecule has 0 aliphatic carbocycles. The summed E-state index contributed by atoms with van der Waals surface area (Å²) in [5, 5.41) is 6.89. The van der Waals surface area contributed by atoms with E-state index in [-0.39, 0.29) is 0 Å². The molecule has 0 spiro atoms. The molecular weight excluding hydrogens is 286 g/mol. The third kappa shape index (κ3) is 3.54. The van der Waals surface area contributed by atoms with Gasteiger partial charge < -0.3 is 14.6 Å². The number of pyridine rings is 1. The van der Waals surface area contributed by atoms with Crippen LogP contribution in [0.25, 0.3) is 0 Å². The van der Waals surface area contributed by atoms with Crippen molar-refractivity contribution in [2.24, 2.45) is 0 Å². The van der Waals surface area contributed by atoms with E-state index in [2.05, 4.69) is 31.4 Å². The van der Waals surface area contributed by atoms with Gasteiger partial charge in [-0.2, -0.15) is 0 Å². The van der Waals surface area contributed by atoms with E-state index in [1.165, 1.54) is 0 Å². The SMILES string of the molecule is CNCc1cc(COc2cncc(Br)c2)on1. The highest BCUT2D eigenvalue weighted by Crippen LogP contribution is 2.17. The fourth-order valence-corrected chi connectivity index (χ4v) is 1.66. The predicted molar refractivity (Wildman–Crippen MR) is 65.5 cm³/mol. The fraction of sp³-hybridized carbons (Fsp3) is 0.273. The van der Waals surface area contributed by atoms with Gasteiger partial charge in [0.2, 0.25) is 0 Å². The Labute approximate surface area is 107 Å².